The molecular weight excluding hydrogens is 492 g/mol. The van der Waals surface area contributed by atoms with Crippen LogP contribution < -0.4 is 0 Å². The van der Waals surface area contributed by atoms with E-state index in [1.807, 2.05) is 27.7 Å². The molecule has 1 amide bonds. The van der Waals surface area contributed by atoms with Crippen LogP contribution in [0.25, 0.3) is 0 Å². The number of carbonyl (C=O) groups is 3. The van der Waals surface area contributed by atoms with Crippen LogP contribution in [-0.2, 0) is 19.1 Å². The van der Waals surface area contributed by atoms with Crippen molar-refractivity contribution in [1.29, 1.82) is 0 Å². The van der Waals surface area contributed by atoms with Gasteiger partial charge in [-0.3, -0.25) is 14.6 Å². The molecule has 1 saturated carbocycles. The number of carboxylic acid groups (broad SMARTS) is 1. The van der Waals surface area contributed by atoms with Crippen LogP contribution in [0.1, 0.15) is 84.0 Å². The van der Waals surface area contributed by atoms with Crippen molar-refractivity contribution >= 4 is 18.0 Å². The molecule has 7 unspecified atom stereocenters. The molecule has 1 aliphatic carbocycles. The molecule has 0 bridgehead atoms. The van der Waals surface area contributed by atoms with Gasteiger partial charge in [-0.15, -0.1) is 10.2 Å². The molecule has 3 heterocycles. The molecule has 2 aliphatic heterocycles. The summed E-state index contributed by atoms with van der Waals surface area (Å²) in [6.45, 7) is 9.55. The molecule has 0 radical (unpaired) electrons. The van der Waals surface area contributed by atoms with Gasteiger partial charge in [-0.2, -0.15) is 4.80 Å². The average molecular weight is 535 g/mol. The van der Waals surface area contributed by atoms with Gasteiger partial charge in [0, 0.05) is 25.0 Å². The maximum atomic E-state index is 12.9. The zero-order chi connectivity index (χ0) is 27.6. The Morgan fingerprint density at radius 3 is 2.47 bits per heavy atom. The van der Waals surface area contributed by atoms with E-state index in [1.165, 1.54) is 12.0 Å². The lowest BCUT2D eigenvalue weighted by Gasteiger charge is -2.51. The molecule has 7 atom stereocenters. The Hall–Kier alpha value is -2.76. The van der Waals surface area contributed by atoms with E-state index < -0.39 is 18.1 Å². The zero-order valence-electron chi connectivity index (χ0n) is 23.2. The minimum absolute atomic E-state index is 0.0649. The van der Waals surface area contributed by atoms with Gasteiger partial charge in [-0.25, -0.2) is 9.59 Å². The molecule has 12 nitrogen and oxygen atoms in total. The third-order valence-corrected chi connectivity index (χ3v) is 8.67. The summed E-state index contributed by atoms with van der Waals surface area (Å²) in [7, 11) is 1.30. The first kappa shape index (κ1) is 28.3. The van der Waals surface area contributed by atoms with Crippen LogP contribution in [0, 0.1) is 17.8 Å². The molecule has 0 spiro atoms. The van der Waals surface area contributed by atoms with Crippen LogP contribution in [-0.4, -0.2) is 98.1 Å². The number of ether oxygens (including phenoxy) is 2. The lowest BCUT2D eigenvalue weighted by Crippen LogP contribution is -2.60. The van der Waals surface area contributed by atoms with Crippen LogP contribution in [0.2, 0.25) is 0 Å². The first-order valence-corrected chi connectivity index (χ1v) is 14.0. The van der Waals surface area contributed by atoms with Crippen LogP contribution in [0.15, 0.2) is 0 Å². The fourth-order valence-corrected chi connectivity index (χ4v) is 6.94. The molecule has 3 aliphatic rings. The SMILES string of the molecule is CCOC(=O)C1CC(n2nnc(C(C)C)n2)CN1CC1CCC2C(C1)CC(C(=O)O)N(C(=O)OC)C2CC. The summed E-state index contributed by atoms with van der Waals surface area (Å²) in [5.41, 5.74) is 0. The quantitative estimate of drug-likeness (QED) is 0.495. The van der Waals surface area contributed by atoms with Crippen molar-refractivity contribution < 1.29 is 29.0 Å². The Kier molecular flexibility index (Phi) is 8.89. The van der Waals surface area contributed by atoms with Gasteiger partial charge in [0.1, 0.15) is 12.1 Å². The van der Waals surface area contributed by atoms with Crippen molar-refractivity contribution in [2.24, 2.45) is 17.8 Å². The summed E-state index contributed by atoms with van der Waals surface area (Å²) < 4.78 is 10.4. The number of piperidine rings is 1. The van der Waals surface area contributed by atoms with Gasteiger partial charge in [0.25, 0.3) is 0 Å². The number of carboxylic acids is 1. The highest BCUT2D eigenvalue weighted by atomic mass is 16.5. The molecular formula is C26H42N6O6. The van der Waals surface area contributed by atoms with E-state index in [9.17, 15) is 19.5 Å². The van der Waals surface area contributed by atoms with Crippen molar-refractivity contribution in [2.75, 3.05) is 26.8 Å². The summed E-state index contributed by atoms with van der Waals surface area (Å²) in [5, 5.41) is 22.9. The van der Waals surface area contributed by atoms with Crippen LogP contribution in [0.4, 0.5) is 4.79 Å². The second-order valence-corrected chi connectivity index (χ2v) is 11.3. The first-order chi connectivity index (χ1) is 18.2. The molecule has 4 rings (SSSR count). The molecule has 3 fully saturated rings. The second-order valence-electron chi connectivity index (χ2n) is 11.3. The number of methoxy groups -OCH3 is 1. The monoisotopic (exact) mass is 534 g/mol. The number of aliphatic carboxylic acids is 1. The number of amides is 1. The molecule has 12 heteroatoms. The van der Waals surface area contributed by atoms with Crippen molar-refractivity contribution in [2.45, 2.75) is 96.3 Å². The van der Waals surface area contributed by atoms with Gasteiger partial charge in [-0.1, -0.05) is 20.8 Å². The standard InChI is InChI=1S/C26H42N6O6/c1-6-20-19-9-8-16(10-17(19)11-21(24(33)34)31(20)26(36)37-5)13-30-14-18(12-22(30)25(35)38-7-2)32-28-23(15(3)4)27-29-32/h15-22H,6-14H2,1-5H3,(H,33,34). The third kappa shape index (κ3) is 5.64. The average Bonchev–Trinajstić information content (AvgIpc) is 3.55. The Morgan fingerprint density at radius 2 is 1.87 bits per heavy atom. The maximum Gasteiger partial charge on any atom is 0.410 e. The number of likely N-dealkylation sites (tertiary alicyclic amines) is 2. The van der Waals surface area contributed by atoms with Gasteiger partial charge in [0.05, 0.1) is 19.8 Å². The highest BCUT2D eigenvalue weighted by Crippen LogP contribution is 2.46. The van der Waals surface area contributed by atoms with Crippen molar-refractivity contribution in [3.63, 3.8) is 0 Å². The van der Waals surface area contributed by atoms with Crippen molar-refractivity contribution in [3.05, 3.63) is 5.82 Å². The Morgan fingerprint density at radius 1 is 1.11 bits per heavy atom. The number of fused-ring (bicyclic) bond motifs is 1. The minimum Gasteiger partial charge on any atom is -0.480 e. The zero-order valence-corrected chi connectivity index (χ0v) is 23.2. The summed E-state index contributed by atoms with van der Waals surface area (Å²) in [6, 6.07) is -1.47. The minimum atomic E-state index is -0.986. The van der Waals surface area contributed by atoms with Gasteiger partial charge >= 0.3 is 18.0 Å². The summed E-state index contributed by atoms with van der Waals surface area (Å²) in [6.07, 6.45) is 3.86. The summed E-state index contributed by atoms with van der Waals surface area (Å²) >= 11 is 0. The van der Waals surface area contributed by atoms with Crippen molar-refractivity contribution in [3.8, 4) is 0 Å². The molecule has 2 saturated heterocycles. The van der Waals surface area contributed by atoms with Crippen LogP contribution >= 0.6 is 0 Å². The van der Waals surface area contributed by atoms with Gasteiger partial charge in [0.15, 0.2) is 5.82 Å². The molecule has 212 valence electrons. The van der Waals surface area contributed by atoms with E-state index in [0.717, 1.165) is 25.8 Å². The fourth-order valence-electron chi connectivity index (χ4n) is 6.94. The number of carbonyl (C=O) groups excluding carboxylic acids is 2. The smallest absolute Gasteiger partial charge is 0.410 e. The lowest BCUT2D eigenvalue weighted by atomic mass is 9.65. The Balaban J connectivity index is 1.48. The number of esters is 1. The van der Waals surface area contributed by atoms with E-state index >= 15 is 0 Å². The molecule has 1 aromatic rings. The van der Waals surface area contributed by atoms with Gasteiger partial charge < -0.3 is 14.6 Å². The van der Waals surface area contributed by atoms with E-state index in [-0.39, 0.29) is 41.8 Å². The van der Waals surface area contributed by atoms with E-state index in [4.69, 9.17) is 9.47 Å². The number of hydrogen-bond donors (Lipinski definition) is 1. The summed E-state index contributed by atoms with van der Waals surface area (Å²) in [4.78, 5) is 42.9. The van der Waals surface area contributed by atoms with Crippen LogP contribution in [0.5, 0.6) is 0 Å². The fraction of sp³-hybridized carbons (Fsp3) is 0.846. The Labute approximate surface area is 224 Å². The van der Waals surface area contributed by atoms with E-state index in [1.54, 1.807) is 4.80 Å². The first-order valence-electron chi connectivity index (χ1n) is 14.0. The number of aromatic nitrogens is 4. The van der Waals surface area contributed by atoms with E-state index in [2.05, 4.69) is 20.3 Å². The topological polar surface area (TPSA) is 140 Å². The predicted molar refractivity (Wildman–Crippen MR) is 136 cm³/mol. The van der Waals surface area contributed by atoms with Gasteiger partial charge in [0.2, 0.25) is 0 Å². The third-order valence-electron chi connectivity index (χ3n) is 8.67. The van der Waals surface area contributed by atoms with Crippen molar-refractivity contribution in [1.82, 2.24) is 30.0 Å². The Bertz CT molecular complexity index is 1000. The number of rotatable bonds is 8. The van der Waals surface area contributed by atoms with Gasteiger partial charge in [-0.05, 0) is 68.4 Å². The normalized spacial score (nSPS) is 31.7. The van der Waals surface area contributed by atoms with E-state index in [0.29, 0.717) is 44.2 Å². The molecule has 1 aromatic heterocycles. The number of tetrazole rings is 1. The molecule has 1 N–H and O–H groups in total. The summed E-state index contributed by atoms with van der Waals surface area (Å²) in [5.74, 6) is 0.406. The molecule has 0 aromatic carbocycles. The largest absolute Gasteiger partial charge is 0.480 e. The predicted octanol–water partition coefficient (Wildman–Crippen LogP) is 2.71. The molecule has 38 heavy (non-hydrogen) atoms. The van der Waals surface area contributed by atoms with Crippen LogP contribution in [0.3, 0.4) is 0 Å². The lowest BCUT2D eigenvalue weighted by molar-refractivity contribution is -0.150. The number of hydrogen-bond acceptors (Lipinski definition) is 9. The second kappa shape index (κ2) is 12.0. The highest BCUT2D eigenvalue weighted by Gasteiger charge is 2.50. The highest BCUT2D eigenvalue weighted by molar-refractivity contribution is 5.80. The maximum absolute atomic E-state index is 12.9. The number of nitrogens with zero attached hydrogens (tertiary/aromatic N) is 6.